The van der Waals surface area contributed by atoms with Gasteiger partial charge in [0.05, 0.1) is 0 Å². The van der Waals surface area contributed by atoms with Gasteiger partial charge in [-0.05, 0) is 24.0 Å². The second-order valence-electron chi connectivity index (χ2n) is 6.16. The van der Waals surface area contributed by atoms with E-state index in [1.807, 2.05) is 0 Å². The van der Waals surface area contributed by atoms with Crippen LogP contribution in [0.15, 0.2) is 48.5 Å². The van der Waals surface area contributed by atoms with Crippen molar-refractivity contribution < 1.29 is 20.8 Å². The van der Waals surface area contributed by atoms with E-state index < -0.39 is 20.8 Å². The molecule has 0 saturated carbocycles. The van der Waals surface area contributed by atoms with Crippen LogP contribution in [-0.2, 0) is 27.3 Å². The first-order chi connectivity index (χ1) is 11.6. The van der Waals surface area contributed by atoms with Gasteiger partial charge in [0.1, 0.15) is 0 Å². The molecule has 3 rings (SSSR count). The van der Waals surface area contributed by atoms with Gasteiger partial charge in [-0.1, -0.05) is 63.1 Å². The number of halogens is 2. The van der Waals surface area contributed by atoms with Crippen LogP contribution in [0.5, 0.6) is 0 Å². The Balaban J connectivity index is 0.000000647. The van der Waals surface area contributed by atoms with Crippen molar-refractivity contribution in [2.75, 3.05) is 0 Å². The Kier molecular flexibility index (Phi) is 8.15. The molecular formula is C21H23Cl2Zr-. The number of fused-ring (bicyclic) bond motifs is 1. The van der Waals surface area contributed by atoms with E-state index in [4.69, 9.17) is 17.0 Å². The molecule has 0 spiro atoms. The zero-order chi connectivity index (χ0) is 17.5. The van der Waals surface area contributed by atoms with E-state index in [1.54, 1.807) is 0 Å². The zero-order valence-electron chi connectivity index (χ0n) is 14.5. The van der Waals surface area contributed by atoms with Gasteiger partial charge in [0.15, 0.2) is 0 Å². The van der Waals surface area contributed by atoms with Gasteiger partial charge in [0.25, 0.3) is 0 Å². The molecule has 0 radical (unpaired) electrons. The van der Waals surface area contributed by atoms with Gasteiger partial charge in [-0.2, -0.15) is 6.07 Å². The van der Waals surface area contributed by atoms with Gasteiger partial charge in [-0.25, -0.2) is 0 Å². The van der Waals surface area contributed by atoms with Gasteiger partial charge >= 0.3 is 37.9 Å². The molecule has 0 bridgehead atoms. The Labute approximate surface area is 164 Å². The average Bonchev–Trinajstić information content (AvgIpc) is 2.97. The molecule has 0 amide bonds. The molecule has 3 aromatic carbocycles. The first-order valence-corrected chi connectivity index (χ1v) is 14.7. The van der Waals surface area contributed by atoms with E-state index in [-0.39, 0.29) is 0 Å². The van der Waals surface area contributed by atoms with Gasteiger partial charge in [-0.15, -0.1) is 34.0 Å². The Bertz CT molecular complexity index is 772. The molecule has 0 fully saturated rings. The molecule has 126 valence electrons. The van der Waals surface area contributed by atoms with Crippen LogP contribution in [0, 0.1) is 13.8 Å². The van der Waals surface area contributed by atoms with Crippen LogP contribution in [0.4, 0.5) is 0 Å². The maximum absolute atomic E-state index is 4.93. The molecule has 0 nitrogen and oxygen atoms in total. The Morgan fingerprint density at radius 2 is 1.67 bits per heavy atom. The Morgan fingerprint density at radius 3 is 2.29 bits per heavy atom. The zero-order valence-corrected chi connectivity index (χ0v) is 18.5. The SMILES string of the molecule is CCCCc1ccc(-c2ccc(C)c3[cH-]c(C)cc23)cc1.[Cl][Zr][Cl]. The number of benzene rings is 2. The van der Waals surface area contributed by atoms with Crippen molar-refractivity contribution in [1.82, 2.24) is 0 Å². The van der Waals surface area contributed by atoms with Crippen molar-refractivity contribution in [3.05, 3.63) is 65.2 Å². The standard InChI is InChI=1S/C21H23.2ClH.Zr/c1-4-5-6-17-8-10-18(11-9-17)19-12-7-16(3)20-13-15(2)14-21(19)20;;;/h7-14H,4-6H2,1-3H3;2*1H;/q-1;;;+2/p-2. The molecule has 0 aromatic heterocycles. The van der Waals surface area contributed by atoms with Crippen LogP contribution < -0.4 is 0 Å². The predicted molar refractivity (Wildman–Crippen MR) is 105 cm³/mol. The van der Waals surface area contributed by atoms with Crippen LogP contribution in [0.1, 0.15) is 36.5 Å². The van der Waals surface area contributed by atoms with E-state index in [2.05, 4.69) is 69.3 Å². The number of aryl methyl sites for hydroxylation is 3. The number of unbranched alkanes of at least 4 members (excludes halogenated alkanes) is 1. The van der Waals surface area contributed by atoms with Crippen LogP contribution in [0.25, 0.3) is 21.9 Å². The molecule has 3 aromatic rings. The van der Waals surface area contributed by atoms with Crippen molar-refractivity contribution in [1.29, 1.82) is 0 Å². The van der Waals surface area contributed by atoms with Crippen molar-refractivity contribution in [2.45, 2.75) is 40.0 Å². The molecular weight excluding hydrogens is 414 g/mol. The molecule has 0 atom stereocenters. The van der Waals surface area contributed by atoms with Crippen LogP contribution in [0.3, 0.4) is 0 Å². The van der Waals surface area contributed by atoms with Gasteiger partial charge in [0.2, 0.25) is 0 Å². The summed E-state index contributed by atoms with van der Waals surface area (Å²) in [6.07, 6.45) is 3.72. The summed E-state index contributed by atoms with van der Waals surface area (Å²) in [5.74, 6) is 0. The summed E-state index contributed by atoms with van der Waals surface area (Å²) < 4.78 is 0. The Hall–Kier alpha value is -0.487. The van der Waals surface area contributed by atoms with Crippen molar-refractivity contribution in [2.24, 2.45) is 0 Å². The molecule has 3 heteroatoms. The van der Waals surface area contributed by atoms with E-state index in [0.29, 0.717) is 0 Å². The number of hydrogen-bond donors (Lipinski definition) is 0. The second kappa shape index (κ2) is 9.86. The molecule has 0 aliphatic rings. The summed E-state index contributed by atoms with van der Waals surface area (Å²) in [7, 11) is 9.87. The quantitative estimate of drug-likeness (QED) is 0.369. The third-order valence-corrected chi connectivity index (χ3v) is 4.33. The molecule has 0 saturated heterocycles. The van der Waals surface area contributed by atoms with E-state index in [0.717, 1.165) is 0 Å². The summed E-state index contributed by atoms with van der Waals surface area (Å²) in [6.45, 7) is 6.62. The molecule has 0 N–H and O–H groups in total. The molecule has 0 unspecified atom stereocenters. The van der Waals surface area contributed by atoms with Crippen molar-refractivity contribution >= 4 is 27.8 Å². The average molecular weight is 438 g/mol. The second-order valence-corrected chi connectivity index (χ2v) is 9.89. The molecule has 0 heterocycles. The van der Waals surface area contributed by atoms with Crippen LogP contribution >= 0.6 is 17.0 Å². The first kappa shape index (κ1) is 19.8. The number of rotatable bonds is 4. The molecule has 24 heavy (non-hydrogen) atoms. The van der Waals surface area contributed by atoms with E-state index >= 15 is 0 Å². The summed E-state index contributed by atoms with van der Waals surface area (Å²) in [5.41, 5.74) is 6.83. The van der Waals surface area contributed by atoms with Crippen molar-refractivity contribution in [3.63, 3.8) is 0 Å². The van der Waals surface area contributed by atoms with Crippen LogP contribution in [-0.4, -0.2) is 0 Å². The molecule has 0 aliphatic heterocycles. The minimum atomic E-state index is -0.826. The van der Waals surface area contributed by atoms with Crippen LogP contribution in [0.2, 0.25) is 0 Å². The summed E-state index contributed by atoms with van der Waals surface area (Å²) >= 11 is -0.826. The van der Waals surface area contributed by atoms with Gasteiger partial charge in [-0.3, -0.25) is 0 Å². The molecule has 0 aliphatic carbocycles. The fourth-order valence-corrected chi connectivity index (χ4v) is 3.07. The third-order valence-electron chi connectivity index (χ3n) is 4.33. The number of hydrogen-bond acceptors (Lipinski definition) is 0. The summed E-state index contributed by atoms with van der Waals surface area (Å²) in [5, 5.41) is 2.77. The fourth-order valence-electron chi connectivity index (χ4n) is 3.07. The summed E-state index contributed by atoms with van der Waals surface area (Å²) in [4.78, 5) is 0. The van der Waals surface area contributed by atoms with Gasteiger partial charge in [0, 0.05) is 0 Å². The third kappa shape index (κ3) is 5.01. The van der Waals surface area contributed by atoms with Gasteiger partial charge < -0.3 is 0 Å². The maximum atomic E-state index is 4.93. The van der Waals surface area contributed by atoms with E-state index in [1.165, 1.54) is 57.9 Å². The topological polar surface area (TPSA) is 0 Å². The van der Waals surface area contributed by atoms with E-state index in [9.17, 15) is 0 Å². The normalized spacial score (nSPS) is 10.4. The first-order valence-electron chi connectivity index (χ1n) is 8.33. The monoisotopic (exact) mass is 435 g/mol. The fraction of sp³-hybridized carbons (Fsp3) is 0.286. The minimum absolute atomic E-state index is 0.826. The summed E-state index contributed by atoms with van der Waals surface area (Å²) in [6, 6.07) is 18.2. The van der Waals surface area contributed by atoms with Crippen molar-refractivity contribution in [3.8, 4) is 11.1 Å². The predicted octanol–water partition coefficient (Wildman–Crippen LogP) is 7.56. The Morgan fingerprint density at radius 1 is 1.00 bits per heavy atom.